The van der Waals surface area contributed by atoms with Crippen LogP contribution in [-0.2, 0) is 33.4 Å². The minimum atomic E-state index is -0.778. The Morgan fingerprint density at radius 3 is 1.75 bits per heavy atom. The second-order valence-electron chi connectivity index (χ2n) is 6.49. The number of carbonyl (C=O) groups excluding carboxylic acids is 5. The Bertz CT molecular complexity index is 551. The highest BCUT2D eigenvalue weighted by Gasteiger charge is 2.22. The van der Waals surface area contributed by atoms with Crippen LogP contribution < -0.4 is 10.6 Å². The number of esters is 2. The molecule has 0 unspecified atom stereocenters. The van der Waals surface area contributed by atoms with Gasteiger partial charge in [-0.05, 0) is 34.6 Å². The number of nitrogens with zero attached hydrogens (tertiary/aromatic N) is 1. The van der Waals surface area contributed by atoms with E-state index in [0.29, 0.717) is 0 Å². The fraction of sp³-hybridized carbons (Fsp3) is 0.706. The molecule has 0 radical (unpaired) electrons. The van der Waals surface area contributed by atoms with Crippen LogP contribution in [-0.4, -0.2) is 79.7 Å². The molecule has 0 saturated heterocycles. The summed E-state index contributed by atoms with van der Waals surface area (Å²) in [4.78, 5) is 59.6. The van der Waals surface area contributed by atoms with E-state index >= 15 is 0 Å². The lowest BCUT2D eigenvalue weighted by Crippen LogP contribution is -2.47. The average molecular weight is 403 g/mol. The molecule has 0 saturated carbocycles. The van der Waals surface area contributed by atoms with E-state index in [0.717, 1.165) is 4.90 Å². The van der Waals surface area contributed by atoms with Gasteiger partial charge in [0, 0.05) is 0 Å². The number of alkyl carbamates (subject to hydrolysis) is 1. The summed E-state index contributed by atoms with van der Waals surface area (Å²) in [5, 5.41) is 4.53. The van der Waals surface area contributed by atoms with Gasteiger partial charge in [0.1, 0.15) is 25.2 Å². The quantitative estimate of drug-likeness (QED) is 0.370. The standard InChI is InChI=1S/C17H29N3O8/c1-6-26-14(23)10-20(11-15(24)27-7-2)13(22)9-18-12(21)8-19-16(25)28-17(3,4)5/h6-11H2,1-5H3,(H,18,21)(H,19,25). The van der Waals surface area contributed by atoms with Gasteiger partial charge in [-0.2, -0.15) is 0 Å². The zero-order chi connectivity index (χ0) is 21.7. The normalized spacial score (nSPS) is 10.5. The van der Waals surface area contributed by atoms with Crippen molar-refractivity contribution in [1.82, 2.24) is 15.5 Å². The number of rotatable bonds is 10. The summed E-state index contributed by atoms with van der Waals surface area (Å²) in [7, 11) is 0. The lowest BCUT2D eigenvalue weighted by atomic mass is 10.2. The molecule has 0 rings (SSSR count). The Labute approximate surface area is 164 Å². The van der Waals surface area contributed by atoms with Crippen LogP contribution in [0, 0.1) is 0 Å². The van der Waals surface area contributed by atoms with Crippen molar-refractivity contribution >= 4 is 29.8 Å². The van der Waals surface area contributed by atoms with Crippen molar-refractivity contribution in [2.24, 2.45) is 0 Å². The predicted octanol–water partition coefficient (Wildman–Crippen LogP) is -0.418. The minimum absolute atomic E-state index is 0.118. The monoisotopic (exact) mass is 403 g/mol. The smallest absolute Gasteiger partial charge is 0.408 e. The molecule has 0 fully saturated rings. The van der Waals surface area contributed by atoms with Crippen LogP contribution >= 0.6 is 0 Å². The molecule has 0 spiro atoms. The molecule has 3 amide bonds. The topological polar surface area (TPSA) is 140 Å². The van der Waals surface area contributed by atoms with Gasteiger partial charge in [0.05, 0.1) is 19.8 Å². The average Bonchev–Trinajstić information content (AvgIpc) is 2.56. The highest BCUT2D eigenvalue weighted by Crippen LogP contribution is 2.06. The first kappa shape index (κ1) is 25.1. The Kier molecular flexibility index (Phi) is 11.2. The van der Waals surface area contributed by atoms with Crippen LogP contribution in [0.4, 0.5) is 4.79 Å². The Balaban J connectivity index is 4.58. The van der Waals surface area contributed by atoms with Crippen LogP contribution in [0.3, 0.4) is 0 Å². The van der Waals surface area contributed by atoms with Gasteiger partial charge in [-0.3, -0.25) is 19.2 Å². The molecule has 0 aliphatic rings. The summed E-state index contributed by atoms with van der Waals surface area (Å²) >= 11 is 0. The van der Waals surface area contributed by atoms with E-state index in [2.05, 4.69) is 10.6 Å². The summed E-state index contributed by atoms with van der Waals surface area (Å²) in [6.07, 6.45) is -0.778. The molecule has 0 aromatic heterocycles. The maximum atomic E-state index is 12.2. The second-order valence-corrected chi connectivity index (χ2v) is 6.49. The summed E-state index contributed by atoms with van der Waals surface area (Å²) in [5.41, 5.74) is -0.711. The van der Waals surface area contributed by atoms with Crippen LogP contribution in [0.15, 0.2) is 0 Å². The van der Waals surface area contributed by atoms with Crippen LogP contribution in [0.5, 0.6) is 0 Å². The summed E-state index contributed by atoms with van der Waals surface area (Å²) in [6, 6.07) is 0. The second kappa shape index (κ2) is 12.5. The van der Waals surface area contributed by atoms with Gasteiger partial charge in [-0.1, -0.05) is 0 Å². The van der Waals surface area contributed by atoms with E-state index in [9.17, 15) is 24.0 Å². The molecule has 0 aromatic carbocycles. The minimum Gasteiger partial charge on any atom is -0.465 e. The van der Waals surface area contributed by atoms with Gasteiger partial charge < -0.3 is 29.7 Å². The molecule has 11 nitrogen and oxygen atoms in total. The van der Waals surface area contributed by atoms with Crippen LogP contribution in [0.2, 0.25) is 0 Å². The molecule has 0 bridgehead atoms. The number of ether oxygens (including phenoxy) is 3. The van der Waals surface area contributed by atoms with Gasteiger partial charge in [-0.15, -0.1) is 0 Å². The third-order valence-corrected chi connectivity index (χ3v) is 2.83. The van der Waals surface area contributed by atoms with Gasteiger partial charge in [0.15, 0.2) is 0 Å². The highest BCUT2D eigenvalue weighted by molar-refractivity contribution is 5.90. The maximum absolute atomic E-state index is 12.2. The molecule has 160 valence electrons. The third kappa shape index (κ3) is 12.5. The first-order valence-electron chi connectivity index (χ1n) is 8.81. The number of amides is 3. The molecule has 11 heteroatoms. The molecular formula is C17H29N3O8. The zero-order valence-electron chi connectivity index (χ0n) is 17.0. The van der Waals surface area contributed by atoms with Crippen molar-refractivity contribution in [3.63, 3.8) is 0 Å². The van der Waals surface area contributed by atoms with Crippen LogP contribution in [0.1, 0.15) is 34.6 Å². The molecule has 0 heterocycles. The molecule has 2 N–H and O–H groups in total. The van der Waals surface area contributed by atoms with Gasteiger partial charge in [-0.25, -0.2) is 4.79 Å². The number of carbonyl (C=O) groups is 5. The van der Waals surface area contributed by atoms with Crippen molar-refractivity contribution < 1.29 is 38.2 Å². The molecule has 0 atom stereocenters. The third-order valence-electron chi connectivity index (χ3n) is 2.83. The number of hydrogen-bond acceptors (Lipinski definition) is 8. The summed E-state index contributed by atoms with van der Waals surface area (Å²) in [6.45, 7) is 6.66. The first-order chi connectivity index (χ1) is 13.0. The fourth-order valence-electron chi connectivity index (χ4n) is 1.77. The van der Waals surface area contributed by atoms with Crippen molar-refractivity contribution in [3.8, 4) is 0 Å². The van der Waals surface area contributed by atoms with Gasteiger partial charge in [0.25, 0.3) is 0 Å². The van der Waals surface area contributed by atoms with Crippen molar-refractivity contribution in [2.75, 3.05) is 39.4 Å². The lowest BCUT2D eigenvalue weighted by molar-refractivity contribution is -0.153. The van der Waals surface area contributed by atoms with Gasteiger partial charge >= 0.3 is 18.0 Å². The maximum Gasteiger partial charge on any atom is 0.408 e. The SMILES string of the molecule is CCOC(=O)CN(CC(=O)OCC)C(=O)CNC(=O)CNC(=O)OC(C)(C)C. The molecule has 0 aliphatic heterocycles. The summed E-state index contributed by atoms with van der Waals surface area (Å²) in [5.74, 6) is -2.73. The van der Waals surface area contributed by atoms with E-state index < -0.39 is 61.6 Å². The van der Waals surface area contributed by atoms with Gasteiger partial charge in [0.2, 0.25) is 11.8 Å². The summed E-state index contributed by atoms with van der Waals surface area (Å²) < 4.78 is 14.5. The predicted molar refractivity (Wildman–Crippen MR) is 97.1 cm³/mol. The van der Waals surface area contributed by atoms with Crippen molar-refractivity contribution in [1.29, 1.82) is 0 Å². The molecule has 28 heavy (non-hydrogen) atoms. The number of hydrogen-bond donors (Lipinski definition) is 2. The van der Waals surface area contributed by atoms with E-state index in [1.54, 1.807) is 34.6 Å². The molecule has 0 aliphatic carbocycles. The largest absolute Gasteiger partial charge is 0.465 e. The van der Waals surface area contributed by atoms with Crippen molar-refractivity contribution in [3.05, 3.63) is 0 Å². The first-order valence-corrected chi connectivity index (χ1v) is 8.81. The Morgan fingerprint density at radius 1 is 0.821 bits per heavy atom. The lowest BCUT2D eigenvalue weighted by Gasteiger charge is -2.21. The highest BCUT2D eigenvalue weighted by atomic mass is 16.6. The van der Waals surface area contributed by atoms with Crippen LogP contribution in [0.25, 0.3) is 0 Å². The van der Waals surface area contributed by atoms with E-state index in [1.807, 2.05) is 0 Å². The van der Waals surface area contributed by atoms with Crippen molar-refractivity contribution in [2.45, 2.75) is 40.2 Å². The number of nitrogens with one attached hydrogen (secondary N) is 2. The Morgan fingerprint density at radius 2 is 1.32 bits per heavy atom. The molecule has 0 aromatic rings. The van der Waals surface area contributed by atoms with E-state index in [1.165, 1.54) is 0 Å². The van der Waals surface area contributed by atoms with E-state index in [-0.39, 0.29) is 13.2 Å². The fourth-order valence-corrected chi connectivity index (χ4v) is 1.77. The Hall–Kier alpha value is -2.85. The molecular weight excluding hydrogens is 374 g/mol. The van der Waals surface area contributed by atoms with E-state index in [4.69, 9.17) is 14.2 Å². The zero-order valence-corrected chi connectivity index (χ0v) is 17.0.